The second kappa shape index (κ2) is 4.87. The molecule has 7 heteroatoms. The molecule has 3 heterocycles. The topological polar surface area (TPSA) is 71.5 Å². The van der Waals surface area contributed by atoms with Gasteiger partial charge in [0, 0.05) is 0 Å². The number of fused-ring (bicyclic) bond motifs is 1. The molecule has 0 unspecified atom stereocenters. The highest BCUT2D eigenvalue weighted by Gasteiger charge is 2.11. The highest BCUT2D eigenvalue weighted by atomic mass is 32.2. The zero-order valence-corrected chi connectivity index (χ0v) is 10.8. The average molecular weight is 276 g/mol. The van der Waals surface area contributed by atoms with Crippen molar-refractivity contribution < 1.29 is 4.79 Å². The molecule has 18 heavy (non-hydrogen) atoms. The largest absolute Gasteiger partial charge is 0.341 e. The smallest absolute Gasteiger partial charge is 0.183 e. The monoisotopic (exact) mass is 276 g/mol. The lowest BCUT2D eigenvalue weighted by Gasteiger charge is -1.99. The molecule has 1 N–H and O–H groups in total. The van der Waals surface area contributed by atoms with Gasteiger partial charge in [-0.2, -0.15) is 0 Å². The first kappa shape index (κ1) is 11.4. The van der Waals surface area contributed by atoms with Crippen molar-refractivity contribution in [1.29, 1.82) is 0 Å². The number of ketones is 1. The molecule has 0 aromatic carbocycles. The van der Waals surface area contributed by atoms with Gasteiger partial charge < -0.3 is 4.98 Å². The van der Waals surface area contributed by atoms with E-state index in [1.807, 2.05) is 17.5 Å². The standard InChI is InChI=1S/C11H8N4OS2/c16-7(8-2-1-3-17-8)4-18-11-9-10(13-5-12-9)14-6-15-11/h1-3,5-6H,4H2,(H,12,13,14,15). The van der Waals surface area contributed by atoms with E-state index in [2.05, 4.69) is 19.9 Å². The van der Waals surface area contributed by atoms with Crippen LogP contribution in [0, 0.1) is 0 Å². The van der Waals surface area contributed by atoms with E-state index in [9.17, 15) is 4.79 Å². The number of hydrogen-bond acceptors (Lipinski definition) is 6. The number of aromatic nitrogens is 4. The summed E-state index contributed by atoms with van der Waals surface area (Å²) in [5.74, 6) is 0.479. The van der Waals surface area contributed by atoms with E-state index >= 15 is 0 Å². The number of nitrogens with zero attached hydrogens (tertiary/aromatic N) is 3. The predicted molar refractivity (Wildman–Crippen MR) is 71.1 cm³/mol. The first-order valence-corrected chi connectivity index (χ1v) is 7.04. The number of H-pyrrole nitrogens is 1. The van der Waals surface area contributed by atoms with E-state index in [0.29, 0.717) is 11.4 Å². The molecule has 0 aliphatic rings. The number of nitrogens with one attached hydrogen (secondary N) is 1. The summed E-state index contributed by atoms with van der Waals surface area (Å²) in [5, 5.41) is 2.65. The van der Waals surface area contributed by atoms with Crippen LogP contribution in [0.2, 0.25) is 0 Å². The summed E-state index contributed by atoms with van der Waals surface area (Å²) in [6.07, 6.45) is 3.03. The number of thioether (sulfide) groups is 1. The molecule has 0 bridgehead atoms. The van der Waals surface area contributed by atoms with Crippen LogP contribution in [-0.2, 0) is 0 Å². The molecule has 0 saturated carbocycles. The zero-order valence-electron chi connectivity index (χ0n) is 9.16. The Morgan fingerprint density at radius 3 is 3.17 bits per heavy atom. The van der Waals surface area contributed by atoms with Gasteiger partial charge in [-0.1, -0.05) is 17.8 Å². The molecule has 0 saturated heterocycles. The fourth-order valence-electron chi connectivity index (χ4n) is 1.49. The molecule has 5 nitrogen and oxygen atoms in total. The maximum atomic E-state index is 11.9. The summed E-state index contributed by atoms with van der Waals surface area (Å²) in [4.78, 5) is 27.9. The normalized spacial score (nSPS) is 10.9. The number of imidazole rings is 1. The molecule has 0 spiro atoms. The molecule has 90 valence electrons. The minimum Gasteiger partial charge on any atom is -0.341 e. The Kier molecular flexibility index (Phi) is 3.07. The number of aromatic amines is 1. The second-order valence-electron chi connectivity index (χ2n) is 3.47. The third-order valence-corrected chi connectivity index (χ3v) is 4.22. The van der Waals surface area contributed by atoms with Crippen LogP contribution in [0.15, 0.2) is 35.2 Å². The minimum atomic E-state index is 0.112. The lowest BCUT2D eigenvalue weighted by Crippen LogP contribution is -2.00. The number of hydrogen-bond donors (Lipinski definition) is 1. The van der Waals surface area contributed by atoms with Crippen molar-refractivity contribution in [1.82, 2.24) is 19.9 Å². The molecule has 3 aromatic rings. The van der Waals surface area contributed by atoms with Crippen molar-refractivity contribution in [2.75, 3.05) is 5.75 Å². The van der Waals surface area contributed by atoms with Crippen molar-refractivity contribution in [2.24, 2.45) is 0 Å². The molecular formula is C11H8N4OS2. The summed E-state index contributed by atoms with van der Waals surface area (Å²) in [7, 11) is 0. The summed E-state index contributed by atoms with van der Waals surface area (Å²) < 4.78 is 0. The second-order valence-corrected chi connectivity index (χ2v) is 5.38. The van der Waals surface area contributed by atoms with Crippen LogP contribution in [0.1, 0.15) is 9.67 Å². The van der Waals surface area contributed by atoms with Crippen molar-refractivity contribution in [2.45, 2.75) is 5.03 Å². The average Bonchev–Trinajstić information content (AvgIpc) is 3.05. The highest BCUT2D eigenvalue weighted by Crippen LogP contribution is 2.23. The van der Waals surface area contributed by atoms with Crippen LogP contribution >= 0.6 is 23.1 Å². The Bertz CT molecular complexity index is 677. The number of carbonyl (C=O) groups is 1. The van der Waals surface area contributed by atoms with Gasteiger partial charge in [0.25, 0.3) is 0 Å². The van der Waals surface area contributed by atoms with E-state index in [4.69, 9.17) is 0 Å². The van der Waals surface area contributed by atoms with Crippen LogP contribution in [0.4, 0.5) is 0 Å². The Morgan fingerprint density at radius 1 is 1.39 bits per heavy atom. The zero-order chi connectivity index (χ0) is 12.4. The van der Waals surface area contributed by atoms with Gasteiger partial charge in [-0.05, 0) is 11.4 Å². The van der Waals surface area contributed by atoms with Crippen molar-refractivity contribution in [3.8, 4) is 0 Å². The Morgan fingerprint density at radius 2 is 2.33 bits per heavy atom. The van der Waals surface area contributed by atoms with Crippen molar-refractivity contribution in [3.63, 3.8) is 0 Å². The number of rotatable bonds is 4. The highest BCUT2D eigenvalue weighted by molar-refractivity contribution is 8.00. The molecule has 3 aromatic heterocycles. The van der Waals surface area contributed by atoms with Crippen LogP contribution < -0.4 is 0 Å². The molecule has 0 amide bonds. The summed E-state index contributed by atoms with van der Waals surface area (Å²) >= 11 is 2.85. The fraction of sp³-hybridized carbons (Fsp3) is 0.0909. The van der Waals surface area contributed by atoms with Gasteiger partial charge in [0.2, 0.25) is 0 Å². The summed E-state index contributed by atoms with van der Waals surface area (Å²) in [5.41, 5.74) is 1.40. The number of carbonyl (C=O) groups excluding carboxylic acids is 1. The minimum absolute atomic E-state index is 0.112. The quantitative estimate of drug-likeness (QED) is 0.450. The molecule has 3 rings (SSSR count). The van der Waals surface area contributed by atoms with Crippen molar-refractivity contribution >= 4 is 40.0 Å². The van der Waals surface area contributed by atoms with E-state index < -0.39 is 0 Å². The SMILES string of the molecule is O=C(CSc1ncnc2nc[nH]c12)c1cccs1. The molecular weight excluding hydrogens is 268 g/mol. The van der Waals surface area contributed by atoms with Crippen LogP contribution in [0.5, 0.6) is 0 Å². The van der Waals surface area contributed by atoms with Gasteiger partial charge in [-0.3, -0.25) is 4.79 Å². The third kappa shape index (κ3) is 2.14. The van der Waals surface area contributed by atoms with Gasteiger partial charge in [0.05, 0.1) is 17.0 Å². The first-order chi connectivity index (χ1) is 8.84. The number of thiophene rings is 1. The molecule has 0 atom stereocenters. The maximum Gasteiger partial charge on any atom is 0.183 e. The van der Waals surface area contributed by atoms with E-state index in [0.717, 1.165) is 15.4 Å². The first-order valence-electron chi connectivity index (χ1n) is 5.18. The van der Waals surface area contributed by atoms with Crippen LogP contribution in [0.25, 0.3) is 11.2 Å². The van der Waals surface area contributed by atoms with Gasteiger partial charge in [-0.15, -0.1) is 11.3 Å². The van der Waals surface area contributed by atoms with Gasteiger partial charge >= 0.3 is 0 Å². The predicted octanol–water partition coefficient (Wildman–Crippen LogP) is 2.39. The Hall–Kier alpha value is -1.73. The molecule has 0 aliphatic heterocycles. The van der Waals surface area contributed by atoms with E-state index in [1.54, 1.807) is 6.33 Å². The van der Waals surface area contributed by atoms with E-state index in [1.165, 1.54) is 29.4 Å². The summed E-state index contributed by atoms with van der Waals surface area (Å²) in [6.45, 7) is 0. The molecule has 0 fully saturated rings. The third-order valence-electron chi connectivity index (χ3n) is 2.32. The lowest BCUT2D eigenvalue weighted by atomic mass is 10.4. The summed E-state index contributed by atoms with van der Waals surface area (Å²) in [6, 6.07) is 3.71. The Balaban J connectivity index is 1.77. The van der Waals surface area contributed by atoms with Crippen LogP contribution in [-0.4, -0.2) is 31.5 Å². The van der Waals surface area contributed by atoms with Crippen LogP contribution in [0.3, 0.4) is 0 Å². The maximum absolute atomic E-state index is 11.9. The van der Waals surface area contributed by atoms with Gasteiger partial charge in [0.1, 0.15) is 16.9 Å². The number of Topliss-reactive ketones (excluding diaryl/α,β-unsaturated/α-hetero) is 1. The van der Waals surface area contributed by atoms with Crippen molar-refractivity contribution in [3.05, 3.63) is 35.0 Å². The fourth-order valence-corrected chi connectivity index (χ4v) is 3.09. The molecule has 0 aliphatic carbocycles. The molecule has 0 radical (unpaired) electrons. The van der Waals surface area contributed by atoms with Gasteiger partial charge in [0.15, 0.2) is 11.4 Å². The van der Waals surface area contributed by atoms with Gasteiger partial charge in [-0.25, -0.2) is 15.0 Å². The van der Waals surface area contributed by atoms with E-state index in [-0.39, 0.29) is 5.78 Å². The lowest BCUT2D eigenvalue weighted by molar-refractivity contribution is 0.102. The Labute approximate surface area is 111 Å².